The maximum Gasteiger partial charge on any atom is 0.324 e. The second-order valence-corrected chi connectivity index (χ2v) is 20.4. The first kappa shape index (κ1) is 51.0. The Balaban J connectivity index is 1.12. The Morgan fingerprint density at radius 1 is 1.04 bits per heavy atom. The van der Waals surface area contributed by atoms with Crippen LogP contribution in [0.5, 0.6) is 0 Å². The molecule has 2 fully saturated rings. The molecule has 6 bridgehead atoms. The normalized spacial score (nSPS) is 21.4. The lowest BCUT2D eigenvalue weighted by molar-refractivity contribution is -0.155. The maximum absolute atomic E-state index is 14.8. The molecular formula is C55H68N8O8. The number of hydrogen-bond acceptors (Lipinski definition) is 11. The van der Waals surface area contributed by atoms with Crippen LogP contribution in [0.4, 0.5) is 0 Å². The van der Waals surface area contributed by atoms with E-state index in [0.717, 1.165) is 50.1 Å². The molecule has 8 rings (SSSR count). The molecule has 6 heterocycles. The Morgan fingerprint density at radius 2 is 1.85 bits per heavy atom. The van der Waals surface area contributed by atoms with Crippen molar-refractivity contribution < 1.29 is 38.2 Å². The van der Waals surface area contributed by atoms with Crippen molar-refractivity contribution in [2.45, 2.75) is 104 Å². The van der Waals surface area contributed by atoms with Crippen molar-refractivity contribution in [2.75, 3.05) is 60.2 Å². The highest BCUT2D eigenvalue weighted by Crippen LogP contribution is 2.42. The molecular weight excluding hydrogens is 901 g/mol. The van der Waals surface area contributed by atoms with Crippen LogP contribution in [0.1, 0.15) is 83.7 Å². The number of ether oxygens (including phenoxy) is 3. The number of rotatable bonds is 9. The lowest BCUT2D eigenvalue weighted by atomic mass is 9.84. The third kappa shape index (κ3) is 11.2. The van der Waals surface area contributed by atoms with Gasteiger partial charge in [-0.1, -0.05) is 58.0 Å². The minimum atomic E-state index is -1.07. The van der Waals surface area contributed by atoms with Gasteiger partial charge in [0.15, 0.2) is 0 Å². The number of nitrogens with zero attached hydrogens (tertiary/aromatic N) is 6. The maximum atomic E-state index is 14.8. The Labute approximate surface area is 416 Å². The number of aryl methyl sites for hydroxylation is 1. The summed E-state index contributed by atoms with van der Waals surface area (Å²) in [6.07, 6.45) is 3.67. The summed E-state index contributed by atoms with van der Waals surface area (Å²) in [6.45, 7) is 15.0. The van der Waals surface area contributed by atoms with Crippen LogP contribution in [0.25, 0.3) is 33.3 Å². The van der Waals surface area contributed by atoms with Gasteiger partial charge in [0.2, 0.25) is 11.8 Å². The van der Waals surface area contributed by atoms with Crippen molar-refractivity contribution in [3.63, 3.8) is 0 Å². The third-order valence-corrected chi connectivity index (χ3v) is 14.2. The number of cyclic esters (lactones) is 1. The number of benzene rings is 2. The zero-order chi connectivity index (χ0) is 50.6. The van der Waals surface area contributed by atoms with Crippen molar-refractivity contribution in [3.05, 3.63) is 77.6 Å². The predicted molar refractivity (Wildman–Crippen MR) is 271 cm³/mol. The first-order valence-corrected chi connectivity index (χ1v) is 25.0. The number of hydrazine groups is 1. The van der Waals surface area contributed by atoms with Crippen LogP contribution in [0.15, 0.2) is 65.8 Å². The summed E-state index contributed by atoms with van der Waals surface area (Å²) >= 11 is 0. The van der Waals surface area contributed by atoms with Gasteiger partial charge in [-0.3, -0.25) is 39.0 Å². The largest absolute Gasteiger partial charge is 0.464 e. The SMILES string of the molecule is CCn1c(-c2cccnc2[C@H](C)OC)c2c3cc(ccc31)-c1cccc(c1)C[C@H](NC(=O)[C@H](C(C)C)N(C)C(=O)[C@H]1CCN(C(=O)C#CC3=NCCOC3)C1)C(=O)N1CCC[C@H](N1)C(=O)OCC(C)(C)C2. The second-order valence-electron chi connectivity index (χ2n) is 20.4. The predicted octanol–water partition coefficient (Wildman–Crippen LogP) is 5.55. The van der Waals surface area contributed by atoms with E-state index >= 15 is 0 Å². The van der Waals surface area contributed by atoms with Crippen LogP contribution in [0, 0.1) is 29.1 Å². The van der Waals surface area contributed by atoms with Gasteiger partial charge in [0.1, 0.15) is 23.8 Å². The number of likely N-dealkylation sites (N-methyl/N-ethyl adjacent to an activating group) is 1. The van der Waals surface area contributed by atoms with Gasteiger partial charge in [0, 0.05) is 80.8 Å². The monoisotopic (exact) mass is 969 g/mol. The van der Waals surface area contributed by atoms with Gasteiger partial charge >= 0.3 is 5.97 Å². The van der Waals surface area contributed by atoms with Gasteiger partial charge in [-0.2, -0.15) is 0 Å². The second kappa shape index (κ2) is 21.9. The van der Waals surface area contributed by atoms with Crippen molar-refractivity contribution in [1.82, 2.24) is 35.1 Å². The first-order chi connectivity index (χ1) is 34.1. The van der Waals surface area contributed by atoms with E-state index in [1.54, 1.807) is 25.3 Å². The molecule has 4 amide bonds. The molecule has 2 saturated heterocycles. The number of hydrogen-bond donors (Lipinski definition) is 2. The van der Waals surface area contributed by atoms with E-state index in [2.05, 4.69) is 89.3 Å². The Bertz CT molecular complexity index is 2770. The number of aromatic nitrogens is 2. The minimum absolute atomic E-state index is 0.128. The number of carbonyl (C=O) groups is 5. The summed E-state index contributed by atoms with van der Waals surface area (Å²) in [5, 5.41) is 5.58. The Kier molecular flexibility index (Phi) is 15.7. The van der Waals surface area contributed by atoms with Gasteiger partial charge in [-0.05, 0) is 97.9 Å². The van der Waals surface area contributed by atoms with Crippen LogP contribution >= 0.6 is 0 Å². The number of amides is 4. The average molecular weight is 969 g/mol. The molecule has 0 saturated carbocycles. The zero-order valence-electron chi connectivity index (χ0n) is 42.4. The number of pyridine rings is 1. The van der Waals surface area contributed by atoms with E-state index in [-0.39, 0.29) is 44.1 Å². The van der Waals surface area contributed by atoms with Crippen molar-refractivity contribution in [2.24, 2.45) is 22.2 Å². The molecule has 0 unspecified atom stereocenters. The topological polar surface area (TPSA) is 177 Å². The highest BCUT2D eigenvalue weighted by atomic mass is 16.5. The van der Waals surface area contributed by atoms with Gasteiger partial charge in [0.05, 0.1) is 49.8 Å². The molecule has 4 aliphatic rings. The first-order valence-electron chi connectivity index (χ1n) is 25.0. The van der Waals surface area contributed by atoms with Crippen molar-refractivity contribution in [3.8, 4) is 34.2 Å². The van der Waals surface area contributed by atoms with E-state index in [9.17, 15) is 24.0 Å². The fraction of sp³-hybridized carbons (Fsp3) is 0.509. The molecule has 0 radical (unpaired) electrons. The van der Waals surface area contributed by atoms with E-state index in [4.69, 9.17) is 19.2 Å². The number of likely N-dealkylation sites (tertiary alicyclic amines) is 1. The molecule has 2 aromatic carbocycles. The van der Waals surface area contributed by atoms with Gasteiger partial charge in [0.25, 0.3) is 11.8 Å². The molecule has 4 aromatic rings. The number of esters is 1. The molecule has 4 aliphatic heterocycles. The summed E-state index contributed by atoms with van der Waals surface area (Å²) in [6, 6.07) is 15.8. The van der Waals surface area contributed by atoms with Crippen LogP contribution < -0.4 is 10.7 Å². The van der Waals surface area contributed by atoms with Crippen molar-refractivity contribution >= 4 is 46.2 Å². The zero-order valence-corrected chi connectivity index (χ0v) is 42.4. The van der Waals surface area contributed by atoms with Crippen LogP contribution in [-0.4, -0.2) is 138 Å². The summed E-state index contributed by atoms with van der Waals surface area (Å²) in [5.41, 5.74) is 10.9. The highest BCUT2D eigenvalue weighted by Gasteiger charge is 2.40. The summed E-state index contributed by atoms with van der Waals surface area (Å²) in [5.74, 6) is 2.56. The standard InChI is InChI=1S/C55H68N8O8/c1-9-62-46-19-17-38-29-42(46)43(50(62)41-15-11-22-57-48(41)35(4)69-8)30-55(5,6)33-71-54(68)44-16-12-24-63(59-44)53(67)45(28-36-13-10-14-37(38)27-36)58-51(65)49(34(2)3)60(7)52(66)39-21-25-61(31-39)47(64)20-18-40-32-70-26-23-56-40/h10-11,13-15,17,19,22,27,29,34-35,39,44-45,49,59H,9,12,16,21,23-26,28,30-33H2,1-8H3,(H,58,65)/t35-,39-,44-,45-,49-/m0/s1. The van der Waals surface area contributed by atoms with Crippen LogP contribution in [0.3, 0.4) is 0 Å². The average Bonchev–Trinajstić information content (AvgIpc) is 3.99. The summed E-state index contributed by atoms with van der Waals surface area (Å²) in [7, 11) is 3.29. The molecule has 2 N–H and O–H groups in total. The van der Waals surface area contributed by atoms with E-state index in [1.807, 2.05) is 39.0 Å². The molecule has 16 nitrogen and oxygen atoms in total. The lowest BCUT2D eigenvalue weighted by Gasteiger charge is -2.37. The quantitative estimate of drug-likeness (QED) is 0.160. The molecule has 16 heteroatoms. The molecule has 0 aliphatic carbocycles. The Morgan fingerprint density at radius 3 is 2.59 bits per heavy atom. The summed E-state index contributed by atoms with van der Waals surface area (Å²) < 4.78 is 19.7. The fourth-order valence-electron chi connectivity index (χ4n) is 10.5. The number of aliphatic imine (C=N–C) groups is 1. The fourth-order valence-corrected chi connectivity index (χ4v) is 10.5. The van der Waals surface area contributed by atoms with Gasteiger partial charge in [-0.25, -0.2) is 5.43 Å². The molecule has 5 atom stereocenters. The van der Waals surface area contributed by atoms with Gasteiger partial charge < -0.3 is 33.9 Å². The number of methoxy groups -OCH3 is 1. The third-order valence-electron chi connectivity index (χ3n) is 14.2. The minimum Gasteiger partial charge on any atom is -0.464 e. The van der Waals surface area contributed by atoms with Crippen molar-refractivity contribution in [1.29, 1.82) is 0 Å². The smallest absolute Gasteiger partial charge is 0.324 e. The summed E-state index contributed by atoms with van der Waals surface area (Å²) in [4.78, 5) is 82.8. The van der Waals surface area contributed by atoms with E-state index in [0.29, 0.717) is 64.2 Å². The van der Waals surface area contributed by atoms with Gasteiger partial charge in [-0.15, -0.1) is 0 Å². The van der Waals surface area contributed by atoms with Crippen LogP contribution in [-0.2, 0) is 57.6 Å². The van der Waals surface area contributed by atoms with E-state index < -0.39 is 53.1 Å². The Hall–Kier alpha value is -6.41. The molecule has 2 aromatic heterocycles. The molecule has 376 valence electrons. The highest BCUT2D eigenvalue weighted by molar-refractivity contribution is 6.07. The van der Waals surface area contributed by atoms with E-state index in [1.165, 1.54) is 9.91 Å². The number of nitrogens with one attached hydrogen (secondary N) is 2. The molecule has 0 spiro atoms. The lowest BCUT2D eigenvalue weighted by Crippen LogP contribution is -2.62. The molecule has 71 heavy (non-hydrogen) atoms. The number of carbonyl (C=O) groups excluding carboxylic acids is 5. The number of fused-ring (bicyclic) bond motifs is 6. The van der Waals surface area contributed by atoms with Crippen LogP contribution in [0.2, 0.25) is 0 Å².